The maximum atomic E-state index is 11.3. The molecule has 0 unspecified atom stereocenters. The maximum absolute atomic E-state index is 11.3. The van der Waals surface area contributed by atoms with Crippen molar-refractivity contribution in [3.05, 3.63) is 0 Å². The van der Waals surface area contributed by atoms with Crippen molar-refractivity contribution in [1.29, 1.82) is 0 Å². The summed E-state index contributed by atoms with van der Waals surface area (Å²) in [5.74, 6) is -2.87. The summed E-state index contributed by atoms with van der Waals surface area (Å²) in [6.07, 6.45) is -0.563. The monoisotopic (exact) mass is 248 g/mol. The lowest BCUT2D eigenvalue weighted by atomic mass is 10.2. The predicted molar refractivity (Wildman–Crippen MR) is 55.9 cm³/mol. The summed E-state index contributed by atoms with van der Waals surface area (Å²) in [5.41, 5.74) is 5.27. The van der Waals surface area contributed by atoms with Gasteiger partial charge in [0.15, 0.2) is 6.04 Å². The molecule has 0 aliphatic heterocycles. The van der Waals surface area contributed by atoms with Crippen molar-refractivity contribution in [2.24, 2.45) is 5.73 Å². The number of carbonyl (C=O) groups is 3. The smallest absolute Gasteiger partial charge is 0.331 e. The first-order chi connectivity index (χ1) is 7.92. The van der Waals surface area contributed by atoms with Crippen LogP contribution in [0.25, 0.3) is 0 Å². The number of amides is 1. The van der Waals surface area contributed by atoms with Gasteiger partial charge in [0.1, 0.15) is 0 Å². The first-order valence-corrected chi connectivity index (χ1v) is 4.97. The van der Waals surface area contributed by atoms with Gasteiger partial charge < -0.3 is 26.0 Å². The standard InChI is InChI=1S/C9H16N2O6/c1-2-17-9(16)6(4-12)11-8(15)5(10)3-7(13)14/h5-6,12H,2-4,10H2,1H3,(H,11,15)(H,13,14)/t5-,6+/m0/s1. The van der Waals surface area contributed by atoms with Gasteiger partial charge in [-0.25, -0.2) is 4.79 Å². The molecule has 0 aromatic heterocycles. The van der Waals surface area contributed by atoms with Gasteiger partial charge in [0.05, 0.1) is 25.7 Å². The molecular weight excluding hydrogens is 232 g/mol. The van der Waals surface area contributed by atoms with Crippen molar-refractivity contribution >= 4 is 17.8 Å². The molecule has 8 nitrogen and oxygen atoms in total. The zero-order valence-corrected chi connectivity index (χ0v) is 9.38. The Morgan fingerprint density at radius 2 is 2.00 bits per heavy atom. The summed E-state index contributed by atoms with van der Waals surface area (Å²) in [5, 5.41) is 19.4. The average Bonchev–Trinajstić information content (AvgIpc) is 2.24. The lowest BCUT2D eigenvalue weighted by Gasteiger charge is -2.17. The third kappa shape index (κ3) is 5.83. The normalized spacial score (nSPS) is 13.6. The lowest BCUT2D eigenvalue weighted by molar-refractivity contribution is -0.148. The number of aliphatic hydroxyl groups is 1. The molecular formula is C9H16N2O6. The van der Waals surface area contributed by atoms with Gasteiger partial charge in [-0.15, -0.1) is 0 Å². The average molecular weight is 248 g/mol. The Bertz CT molecular complexity index is 293. The van der Waals surface area contributed by atoms with Crippen LogP contribution in [0, 0.1) is 0 Å². The van der Waals surface area contributed by atoms with E-state index in [1.165, 1.54) is 0 Å². The molecule has 98 valence electrons. The van der Waals surface area contributed by atoms with Gasteiger partial charge in [-0.1, -0.05) is 0 Å². The molecule has 0 bridgehead atoms. The molecule has 5 N–H and O–H groups in total. The molecule has 0 aliphatic carbocycles. The summed E-state index contributed by atoms with van der Waals surface area (Å²) < 4.78 is 4.59. The number of esters is 1. The van der Waals surface area contributed by atoms with Gasteiger partial charge >= 0.3 is 11.9 Å². The third-order valence-electron chi connectivity index (χ3n) is 1.80. The Kier molecular flexibility index (Phi) is 6.83. The lowest BCUT2D eigenvalue weighted by Crippen LogP contribution is -2.51. The molecule has 0 rings (SSSR count). The summed E-state index contributed by atoms with van der Waals surface area (Å²) in [6, 6.07) is -2.52. The van der Waals surface area contributed by atoms with Gasteiger partial charge in [-0.05, 0) is 6.92 Å². The molecule has 0 fully saturated rings. The van der Waals surface area contributed by atoms with Crippen LogP contribution in [0.3, 0.4) is 0 Å². The largest absolute Gasteiger partial charge is 0.481 e. The topological polar surface area (TPSA) is 139 Å². The highest BCUT2D eigenvalue weighted by molar-refractivity contribution is 5.89. The Labute approximate surface area is 97.7 Å². The van der Waals surface area contributed by atoms with E-state index in [2.05, 4.69) is 10.1 Å². The first-order valence-electron chi connectivity index (χ1n) is 4.97. The number of aliphatic hydroxyl groups excluding tert-OH is 1. The van der Waals surface area contributed by atoms with Crippen molar-refractivity contribution in [3.8, 4) is 0 Å². The fraction of sp³-hybridized carbons (Fsp3) is 0.667. The number of aliphatic carboxylic acids is 1. The number of nitrogens with two attached hydrogens (primary N) is 1. The number of nitrogens with one attached hydrogen (secondary N) is 1. The zero-order valence-electron chi connectivity index (χ0n) is 9.38. The second-order valence-electron chi connectivity index (χ2n) is 3.20. The van der Waals surface area contributed by atoms with E-state index < -0.39 is 43.0 Å². The van der Waals surface area contributed by atoms with Gasteiger partial charge in [-0.2, -0.15) is 0 Å². The van der Waals surface area contributed by atoms with Crippen molar-refractivity contribution < 1.29 is 29.3 Å². The molecule has 8 heteroatoms. The van der Waals surface area contributed by atoms with Crippen LogP contribution in [0.1, 0.15) is 13.3 Å². The molecule has 17 heavy (non-hydrogen) atoms. The van der Waals surface area contributed by atoms with E-state index in [0.717, 1.165) is 0 Å². The molecule has 2 atom stereocenters. The number of carboxylic acids is 1. The number of ether oxygens (including phenoxy) is 1. The van der Waals surface area contributed by atoms with Crippen molar-refractivity contribution in [1.82, 2.24) is 5.32 Å². The van der Waals surface area contributed by atoms with Crippen LogP contribution in [0.5, 0.6) is 0 Å². The number of rotatable bonds is 7. The zero-order chi connectivity index (χ0) is 13.4. The number of carbonyl (C=O) groups excluding carboxylic acids is 2. The highest BCUT2D eigenvalue weighted by atomic mass is 16.5. The van der Waals surface area contributed by atoms with E-state index in [1.54, 1.807) is 6.92 Å². The highest BCUT2D eigenvalue weighted by Gasteiger charge is 2.25. The molecule has 0 radical (unpaired) electrons. The van der Waals surface area contributed by atoms with E-state index in [4.69, 9.17) is 15.9 Å². The minimum absolute atomic E-state index is 0.104. The number of hydrogen-bond donors (Lipinski definition) is 4. The highest BCUT2D eigenvalue weighted by Crippen LogP contribution is 1.93. The fourth-order valence-electron chi connectivity index (χ4n) is 0.982. The third-order valence-corrected chi connectivity index (χ3v) is 1.80. The Hall–Kier alpha value is -1.67. The molecule has 0 spiro atoms. The van der Waals surface area contributed by atoms with Gasteiger partial charge in [0, 0.05) is 0 Å². The molecule has 0 saturated carbocycles. The molecule has 0 aliphatic rings. The summed E-state index contributed by atoms with van der Waals surface area (Å²) in [4.78, 5) is 32.8. The molecule has 0 aromatic rings. The molecule has 0 saturated heterocycles. The SMILES string of the molecule is CCOC(=O)[C@@H](CO)NC(=O)[C@@H](N)CC(=O)O. The molecule has 1 amide bonds. The Morgan fingerprint density at radius 3 is 2.41 bits per heavy atom. The summed E-state index contributed by atoms with van der Waals surface area (Å²) in [6.45, 7) is 1.03. The summed E-state index contributed by atoms with van der Waals surface area (Å²) in [7, 11) is 0. The van der Waals surface area contributed by atoms with E-state index in [-0.39, 0.29) is 6.61 Å². The molecule has 0 aromatic carbocycles. The second kappa shape index (κ2) is 7.58. The van der Waals surface area contributed by atoms with Crippen molar-refractivity contribution in [3.63, 3.8) is 0 Å². The van der Waals surface area contributed by atoms with Crippen molar-refractivity contribution in [2.75, 3.05) is 13.2 Å². The number of hydrogen-bond acceptors (Lipinski definition) is 6. The van der Waals surface area contributed by atoms with Gasteiger partial charge in [-0.3, -0.25) is 9.59 Å². The van der Waals surface area contributed by atoms with Crippen LogP contribution in [0.4, 0.5) is 0 Å². The minimum Gasteiger partial charge on any atom is -0.481 e. The van der Waals surface area contributed by atoms with Crippen LogP contribution in [0.2, 0.25) is 0 Å². The van der Waals surface area contributed by atoms with Crippen LogP contribution >= 0.6 is 0 Å². The van der Waals surface area contributed by atoms with Crippen LogP contribution in [-0.4, -0.2) is 53.4 Å². The fourth-order valence-corrected chi connectivity index (χ4v) is 0.982. The number of carboxylic acid groups (broad SMARTS) is 1. The minimum atomic E-state index is -1.28. The second-order valence-corrected chi connectivity index (χ2v) is 3.20. The Balaban J connectivity index is 4.32. The van der Waals surface area contributed by atoms with Crippen molar-refractivity contribution in [2.45, 2.75) is 25.4 Å². The van der Waals surface area contributed by atoms with E-state index >= 15 is 0 Å². The van der Waals surface area contributed by atoms with E-state index in [1.807, 2.05) is 0 Å². The first kappa shape index (κ1) is 15.3. The predicted octanol–water partition coefficient (Wildman–Crippen LogP) is -2.17. The maximum Gasteiger partial charge on any atom is 0.331 e. The van der Waals surface area contributed by atoms with Crippen LogP contribution in [0.15, 0.2) is 0 Å². The van der Waals surface area contributed by atoms with Gasteiger partial charge in [0.2, 0.25) is 5.91 Å². The van der Waals surface area contributed by atoms with E-state index in [0.29, 0.717) is 0 Å². The quantitative estimate of drug-likeness (QED) is 0.376. The van der Waals surface area contributed by atoms with Crippen LogP contribution in [-0.2, 0) is 19.1 Å². The van der Waals surface area contributed by atoms with E-state index in [9.17, 15) is 14.4 Å². The summed E-state index contributed by atoms with van der Waals surface area (Å²) >= 11 is 0. The Morgan fingerprint density at radius 1 is 1.41 bits per heavy atom. The van der Waals surface area contributed by atoms with Gasteiger partial charge in [0.25, 0.3) is 0 Å². The van der Waals surface area contributed by atoms with Crippen LogP contribution < -0.4 is 11.1 Å². The molecule has 0 heterocycles.